The number of Topliss-reactive ketones (excluding diaryl/α,β-unsaturated/α-hetero) is 1. The Bertz CT molecular complexity index is 1780. The molecule has 0 aromatic heterocycles. The van der Waals surface area contributed by atoms with E-state index in [4.69, 9.17) is 0 Å². The minimum absolute atomic E-state index is 0.117. The second-order valence-electron chi connectivity index (χ2n) is 11.4. The molecule has 0 bridgehead atoms. The first-order chi connectivity index (χ1) is 21.1. The van der Waals surface area contributed by atoms with E-state index >= 15 is 0 Å². The first-order valence-electron chi connectivity index (χ1n) is 14.4. The van der Waals surface area contributed by atoms with E-state index in [2.05, 4.69) is 38.1 Å². The number of fused-ring (bicyclic) bond motifs is 1. The summed E-state index contributed by atoms with van der Waals surface area (Å²) in [7, 11) is 0. The molecule has 220 valence electrons. The first kappa shape index (κ1) is 30.1. The molecule has 1 atom stereocenters. The third kappa shape index (κ3) is 6.79. The Morgan fingerprint density at radius 2 is 1.02 bits per heavy atom. The summed E-state index contributed by atoms with van der Waals surface area (Å²) in [4.78, 5) is 22.1. The highest BCUT2D eigenvalue weighted by molar-refractivity contribution is 6.49. The van der Waals surface area contributed by atoms with Crippen molar-refractivity contribution in [2.24, 2.45) is 0 Å². The van der Waals surface area contributed by atoms with Gasteiger partial charge < -0.3 is 15.3 Å². The zero-order valence-electron chi connectivity index (χ0n) is 24.6. The summed E-state index contributed by atoms with van der Waals surface area (Å²) >= 11 is 0. The molecule has 5 nitrogen and oxygen atoms in total. The largest absolute Gasteiger partial charge is 0.508 e. The first-order valence-corrected chi connectivity index (χ1v) is 14.4. The number of aromatic hydroxyl groups is 3. The van der Waals surface area contributed by atoms with Crippen molar-refractivity contribution in [3.8, 4) is 17.2 Å². The van der Waals surface area contributed by atoms with Gasteiger partial charge in [0.25, 0.3) is 0 Å². The fourth-order valence-electron chi connectivity index (χ4n) is 5.40. The molecule has 0 saturated heterocycles. The lowest BCUT2D eigenvalue weighted by Gasteiger charge is -2.27. The van der Waals surface area contributed by atoms with Crippen LogP contribution in [0.15, 0.2) is 127 Å². The molecule has 1 aliphatic rings. The van der Waals surface area contributed by atoms with Crippen molar-refractivity contribution in [3.63, 3.8) is 0 Å². The number of ketones is 2. The highest BCUT2D eigenvalue weighted by atomic mass is 16.3. The maximum absolute atomic E-state index is 11.2. The van der Waals surface area contributed by atoms with Gasteiger partial charge in [0.15, 0.2) is 0 Å². The molecule has 1 unspecified atom stereocenters. The average Bonchev–Trinajstić information content (AvgIpc) is 3.04. The molecule has 0 fully saturated rings. The van der Waals surface area contributed by atoms with Gasteiger partial charge in [-0.3, -0.25) is 9.59 Å². The summed E-state index contributed by atoms with van der Waals surface area (Å²) in [6.45, 7) is 4.37. The fraction of sp³-hybridized carbons (Fsp3) is 0.128. The van der Waals surface area contributed by atoms with E-state index in [-0.39, 0.29) is 28.6 Å². The Morgan fingerprint density at radius 1 is 0.568 bits per heavy atom. The fourth-order valence-corrected chi connectivity index (χ4v) is 5.40. The van der Waals surface area contributed by atoms with Gasteiger partial charge in [-0.05, 0) is 82.3 Å². The van der Waals surface area contributed by atoms with Crippen LogP contribution in [0.4, 0.5) is 0 Å². The molecule has 6 rings (SSSR count). The van der Waals surface area contributed by atoms with E-state index in [0.717, 1.165) is 28.7 Å². The lowest BCUT2D eigenvalue weighted by atomic mass is 9.77. The van der Waals surface area contributed by atoms with Crippen molar-refractivity contribution >= 4 is 17.6 Å². The molecule has 0 heterocycles. The number of phenols is 3. The molecule has 5 aromatic rings. The second kappa shape index (κ2) is 12.8. The summed E-state index contributed by atoms with van der Waals surface area (Å²) < 4.78 is 0. The van der Waals surface area contributed by atoms with Gasteiger partial charge in [-0.2, -0.15) is 0 Å². The van der Waals surface area contributed by atoms with Crippen molar-refractivity contribution < 1.29 is 24.9 Å². The van der Waals surface area contributed by atoms with Crippen LogP contribution in [0.1, 0.15) is 63.5 Å². The number of hydrogen-bond acceptors (Lipinski definition) is 5. The predicted molar refractivity (Wildman–Crippen MR) is 173 cm³/mol. The Kier molecular flexibility index (Phi) is 8.77. The molecule has 0 amide bonds. The maximum atomic E-state index is 11.2. The smallest absolute Gasteiger partial charge is 0.233 e. The van der Waals surface area contributed by atoms with Gasteiger partial charge in [-0.1, -0.05) is 105 Å². The normalized spacial score (nSPS) is 13.0. The van der Waals surface area contributed by atoms with Crippen LogP contribution in [0, 0.1) is 0 Å². The molecule has 0 aliphatic heterocycles. The summed E-state index contributed by atoms with van der Waals surface area (Å²) in [6, 6.07) is 37.9. The van der Waals surface area contributed by atoms with Crippen LogP contribution in [0.2, 0.25) is 0 Å². The number of rotatable bonds is 6. The summed E-state index contributed by atoms with van der Waals surface area (Å²) in [5.41, 5.74) is 6.91. The van der Waals surface area contributed by atoms with Crippen LogP contribution in [-0.4, -0.2) is 26.9 Å². The minimum Gasteiger partial charge on any atom is -0.508 e. The van der Waals surface area contributed by atoms with Crippen LogP contribution in [0.25, 0.3) is 6.08 Å². The SMILES string of the molecule is CC(C)(c1ccc(O)cc1)c1ccc(C(Cc2ccc(O)cc2)c2ccc(O)cc2)cc1.O=C1C=Cc2ccccc2C1=O. The molecule has 5 aromatic carbocycles. The molecule has 0 radical (unpaired) electrons. The molecule has 3 N–H and O–H groups in total. The quantitative estimate of drug-likeness (QED) is 0.177. The Hall–Kier alpha value is -5.42. The van der Waals surface area contributed by atoms with Gasteiger partial charge in [0.2, 0.25) is 11.6 Å². The van der Waals surface area contributed by atoms with Gasteiger partial charge in [0.05, 0.1) is 0 Å². The third-order valence-electron chi connectivity index (χ3n) is 8.14. The summed E-state index contributed by atoms with van der Waals surface area (Å²) in [6.07, 6.45) is 3.76. The van der Waals surface area contributed by atoms with Crippen molar-refractivity contribution in [1.82, 2.24) is 0 Å². The molecular formula is C39H34O5. The molecule has 0 saturated carbocycles. The van der Waals surface area contributed by atoms with E-state index in [1.807, 2.05) is 48.5 Å². The Labute approximate surface area is 257 Å². The Balaban J connectivity index is 0.000000266. The number of carbonyl (C=O) groups excluding carboxylic acids is 2. The number of carbonyl (C=O) groups is 2. The Morgan fingerprint density at radius 3 is 1.59 bits per heavy atom. The lowest BCUT2D eigenvalue weighted by molar-refractivity contribution is -0.110. The van der Waals surface area contributed by atoms with Crippen molar-refractivity contribution in [2.45, 2.75) is 31.6 Å². The minimum atomic E-state index is -0.436. The number of hydrogen-bond donors (Lipinski definition) is 3. The van der Waals surface area contributed by atoms with Crippen LogP contribution >= 0.6 is 0 Å². The van der Waals surface area contributed by atoms with Crippen LogP contribution in [-0.2, 0) is 16.6 Å². The molecular weight excluding hydrogens is 548 g/mol. The van der Waals surface area contributed by atoms with E-state index in [1.165, 1.54) is 17.2 Å². The number of benzene rings is 5. The van der Waals surface area contributed by atoms with E-state index in [9.17, 15) is 24.9 Å². The van der Waals surface area contributed by atoms with Crippen LogP contribution in [0.5, 0.6) is 17.2 Å². The topological polar surface area (TPSA) is 94.8 Å². The van der Waals surface area contributed by atoms with Crippen molar-refractivity contribution in [3.05, 3.63) is 166 Å². The van der Waals surface area contributed by atoms with E-state index < -0.39 is 11.6 Å². The highest BCUT2D eigenvalue weighted by Crippen LogP contribution is 2.35. The summed E-state index contributed by atoms with van der Waals surface area (Å²) in [5, 5.41) is 29.0. The standard InChI is InChI=1S/C29H28O3.C10H6O2/c1-29(2,24-11-17-27(32)18-12-24)23-9-5-21(6-10-23)28(22-7-15-26(31)16-8-22)19-20-3-13-25(30)14-4-20;11-9-6-5-7-3-1-2-4-8(7)10(9)12/h3-18,28,30-32H,19H2,1-2H3;1-6H. The predicted octanol–water partition coefficient (Wildman–Crippen LogP) is 7.97. The molecule has 0 spiro atoms. The lowest BCUT2D eigenvalue weighted by Crippen LogP contribution is -2.19. The van der Waals surface area contributed by atoms with Crippen LogP contribution in [0.3, 0.4) is 0 Å². The zero-order chi connectivity index (χ0) is 31.3. The highest BCUT2D eigenvalue weighted by Gasteiger charge is 2.24. The monoisotopic (exact) mass is 582 g/mol. The molecule has 5 heteroatoms. The van der Waals surface area contributed by atoms with E-state index in [0.29, 0.717) is 5.56 Å². The van der Waals surface area contributed by atoms with Crippen molar-refractivity contribution in [2.75, 3.05) is 0 Å². The maximum Gasteiger partial charge on any atom is 0.233 e. The average molecular weight is 583 g/mol. The second-order valence-corrected chi connectivity index (χ2v) is 11.4. The number of phenolic OH excluding ortho intramolecular Hbond substituents is 3. The van der Waals surface area contributed by atoms with Gasteiger partial charge in [-0.25, -0.2) is 0 Å². The third-order valence-corrected chi connectivity index (χ3v) is 8.14. The van der Waals surface area contributed by atoms with E-state index in [1.54, 1.807) is 54.6 Å². The van der Waals surface area contributed by atoms with Crippen LogP contribution < -0.4 is 0 Å². The van der Waals surface area contributed by atoms with Gasteiger partial charge >= 0.3 is 0 Å². The molecule has 44 heavy (non-hydrogen) atoms. The van der Waals surface area contributed by atoms with Gasteiger partial charge in [0, 0.05) is 16.9 Å². The van der Waals surface area contributed by atoms with Gasteiger partial charge in [-0.15, -0.1) is 0 Å². The number of allylic oxidation sites excluding steroid dienone is 1. The molecule has 1 aliphatic carbocycles. The van der Waals surface area contributed by atoms with Gasteiger partial charge in [0.1, 0.15) is 17.2 Å². The summed E-state index contributed by atoms with van der Waals surface area (Å²) in [5.74, 6) is 0.0533. The zero-order valence-corrected chi connectivity index (χ0v) is 24.6. The van der Waals surface area contributed by atoms with Crippen molar-refractivity contribution in [1.29, 1.82) is 0 Å².